The van der Waals surface area contributed by atoms with Gasteiger partial charge in [-0.2, -0.15) is 4.98 Å². The van der Waals surface area contributed by atoms with Crippen molar-refractivity contribution in [1.82, 2.24) is 14.9 Å². The zero-order valence-electron chi connectivity index (χ0n) is 11.5. The first kappa shape index (κ1) is 13.1. The molecule has 18 heavy (non-hydrogen) atoms. The van der Waals surface area contributed by atoms with Gasteiger partial charge in [0.25, 0.3) is 0 Å². The molecule has 1 aliphatic heterocycles. The van der Waals surface area contributed by atoms with Crippen molar-refractivity contribution >= 4 is 11.8 Å². The molecule has 0 aromatic carbocycles. The minimum absolute atomic E-state index is 0.498. The van der Waals surface area contributed by atoms with Gasteiger partial charge in [-0.25, -0.2) is 4.98 Å². The van der Waals surface area contributed by atoms with Crippen molar-refractivity contribution in [3.05, 3.63) is 11.8 Å². The van der Waals surface area contributed by atoms with Crippen molar-refractivity contribution in [3.8, 4) is 0 Å². The van der Waals surface area contributed by atoms with Crippen LogP contribution in [0.3, 0.4) is 0 Å². The summed E-state index contributed by atoms with van der Waals surface area (Å²) in [5.74, 6) is 1.61. The van der Waals surface area contributed by atoms with Gasteiger partial charge in [0.05, 0.1) is 0 Å². The van der Waals surface area contributed by atoms with Crippen molar-refractivity contribution < 1.29 is 0 Å². The standard InChI is InChI=1S/C13H23N5/c1-4-18-7-5-6-11(9-18)16-12-8-10(2)15-13(14-3)17-12/h8,11H,4-7,9H2,1-3H3,(H2,14,15,16,17). The third-order valence-corrected chi connectivity index (χ3v) is 3.38. The van der Waals surface area contributed by atoms with E-state index in [2.05, 4.69) is 32.4 Å². The Morgan fingerprint density at radius 3 is 3.00 bits per heavy atom. The van der Waals surface area contributed by atoms with E-state index in [4.69, 9.17) is 0 Å². The molecule has 0 bridgehead atoms. The van der Waals surface area contributed by atoms with Crippen LogP contribution in [-0.4, -0.2) is 47.6 Å². The molecule has 1 aromatic heterocycles. The quantitative estimate of drug-likeness (QED) is 0.851. The first-order valence-corrected chi connectivity index (χ1v) is 6.73. The fourth-order valence-corrected chi connectivity index (χ4v) is 2.42. The van der Waals surface area contributed by atoms with Gasteiger partial charge in [-0.05, 0) is 32.9 Å². The molecule has 0 saturated carbocycles. The Kier molecular flexibility index (Phi) is 4.36. The van der Waals surface area contributed by atoms with Crippen LogP contribution in [-0.2, 0) is 0 Å². The molecule has 1 atom stereocenters. The predicted molar refractivity (Wildman–Crippen MR) is 75.1 cm³/mol. The van der Waals surface area contributed by atoms with E-state index in [1.165, 1.54) is 19.4 Å². The lowest BCUT2D eigenvalue weighted by Crippen LogP contribution is -2.42. The molecule has 1 saturated heterocycles. The van der Waals surface area contributed by atoms with E-state index in [9.17, 15) is 0 Å². The van der Waals surface area contributed by atoms with E-state index in [0.717, 1.165) is 24.6 Å². The van der Waals surface area contributed by atoms with Crippen LogP contribution in [0.5, 0.6) is 0 Å². The number of nitrogens with one attached hydrogen (secondary N) is 2. The van der Waals surface area contributed by atoms with Gasteiger partial charge in [0.15, 0.2) is 0 Å². The first-order valence-electron chi connectivity index (χ1n) is 6.73. The third kappa shape index (κ3) is 3.32. The smallest absolute Gasteiger partial charge is 0.224 e. The summed E-state index contributed by atoms with van der Waals surface area (Å²) in [7, 11) is 1.85. The zero-order valence-corrected chi connectivity index (χ0v) is 11.5. The number of likely N-dealkylation sites (tertiary alicyclic amines) is 1. The van der Waals surface area contributed by atoms with E-state index < -0.39 is 0 Å². The van der Waals surface area contributed by atoms with Gasteiger partial charge in [-0.15, -0.1) is 0 Å². The lowest BCUT2D eigenvalue weighted by molar-refractivity contribution is 0.226. The Morgan fingerprint density at radius 1 is 1.44 bits per heavy atom. The second-order valence-corrected chi connectivity index (χ2v) is 4.84. The Morgan fingerprint density at radius 2 is 2.28 bits per heavy atom. The van der Waals surface area contributed by atoms with E-state index in [1.807, 2.05) is 20.0 Å². The molecule has 2 heterocycles. The van der Waals surface area contributed by atoms with Crippen molar-refractivity contribution in [2.75, 3.05) is 37.3 Å². The number of nitrogens with zero attached hydrogens (tertiary/aromatic N) is 3. The lowest BCUT2D eigenvalue weighted by atomic mass is 10.1. The average Bonchev–Trinajstić information content (AvgIpc) is 2.38. The Hall–Kier alpha value is -1.36. The van der Waals surface area contributed by atoms with Gasteiger partial charge in [0, 0.05) is 31.4 Å². The Labute approximate surface area is 109 Å². The highest BCUT2D eigenvalue weighted by Gasteiger charge is 2.18. The third-order valence-electron chi connectivity index (χ3n) is 3.38. The fraction of sp³-hybridized carbons (Fsp3) is 0.692. The maximum atomic E-state index is 4.45. The zero-order chi connectivity index (χ0) is 13.0. The Bertz CT molecular complexity index is 393. The summed E-state index contributed by atoms with van der Waals surface area (Å²) in [6.07, 6.45) is 2.48. The lowest BCUT2D eigenvalue weighted by Gasteiger charge is -2.32. The molecule has 2 N–H and O–H groups in total. The normalized spacial score (nSPS) is 20.7. The number of aromatic nitrogens is 2. The number of rotatable bonds is 4. The summed E-state index contributed by atoms with van der Waals surface area (Å²) in [5, 5.41) is 6.52. The average molecular weight is 249 g/mol. The van der Waals surface area contributed by atoms with Gasteiger partial charge in [-0.1, -0.05) is 6.92 Å². The molecule has 5 nitrogen and oxygen atoms in total. The van der Waals surface area contributed by atoms with Crippen molar-refractivity contribution in [1.29, 1.82) is 0 Å². The fourth-order valence-electron chi connectivity index (χ4n) is 2.42. The van der Waals surface area contributed by atoms with Crippen LogP contribution in [0.2, 0.25) is 0 Å². The summed E-state index contributed by atoms with van der Waals surface area (Å²) in [6.45, 7) is 7.67. The van der Waals surface area contributed by atoms with Gasteiger partial charge < -0.3 is 15.5 Å². The van der Waals surface area contributed by atoms with E-state index in [-0.39, 0.29) is 0 Å². The molecule has 1 aromatic rings. The summed E-state index contributed by atoms with van der Waals surface area (Å²) in [4.78, 5) is 11.2. The molecule has 1 unspecified atom stereocenters. The highest BCUT2D eigenvalue weighted by atomic mass is 15.2. The molecule has 0 amide bonds. The molecule has 100 valence electrons. The van der Waals surface area contributed by atoms with Gasteiger partial charge >= 0.3 is 0 Å². The second-order valence-electron chi connectivity index (χ2n) is 4.84. The number of aryl methyl sites for hydroxylation is 1. The molecule has 0 aliphatic carbocycles. The minimum Gasteiger partial charge on any atom is -0.366 e. The predicted octanol–water partition coefficient (Wildman–Crippen LogP) is 1.72. The maximum absolute atomic E-state index is 4.45. The SMILES string of the molecule is CCN1CCCC(Nc2cc(C)nc(NC)n2)C1. The molecule has 0 spiro atoms. The number of anilines is 2. The summed E-state index contributed by atoms with van der Waals surface area (Å²) in [6, 6.07) is 2.50. The molecule has 0 radical (unpaired) electrons. The van der Waals surface area contributed by atoms with Crippen LogP contribution in [0.15, 0.2) is 6.07 Å². The number of piperidine rings is 1. The topological polar surface area (TPSA) is 53.1 Å². The number of hydrogen-bond acceptors (Lipinski definition) is 5. The molecule has 1 aliphatic rings. The first-order chi connectivity index (χ1) is 8.71. The number of likely N-dealkylation sites (N-methyl/N-ethyl adjacent to an activating group) is 1. The minimum atomic E-state index is 0.498. The van der Waals surface area contributed by atoms with Crippen LogP contribution < -0.4 is 10.6 Å². The Balaban J connectivity index is 2.02. The summed E-state index contributed by atoms with van der Waals surface area (Å²) in [5.41, 5.74) is 0.986. The summed E-state index contributed by atoms with van der Waals surface area (Å²) >= 11 is 0. The van der Waals surface area contributed by atoms with Crippen LogP contribution in [0, 0.1) is 6.92 Å². The second kappa shape index (κ2) is 6.00. The van der Waals surface area contributed by atoms with Crippen molar-refractivity contribution in [3.63, 3.8) is 0 Å². The van der Waals surface area contributed by atoms with Gasteiger partial charge in [0.1, 0.15) is 5.82 Å². The van der Waals surface area contributed by atoms with Crippen LogP contribution in [0.1, 0.15) is 25.5 Å². The van der Waals surface area contributed by atoms with Crippen LogP contribution >= 0.6 is 0 Å². The van der Waals surface area contributed by atoms with Gasteiger partial charge in [-0.3, -0.25) is 0 Å². The maximum Gasteiger partial charge on any atom is 0.224 e. The largest absolute Gasteiger partial charge is 0.366 e. The molecule has 1 fully saturated rings. The van der Waals surface area contributed by atoms with Crippen LogP contribution in [0.25, 0.3) is 0 Å². The summed E-state index contributed by atoms with van der Waals surface area (Å²) < 4.78 is 0. The highest BCUT2D eigenvalue weighted by Crippen LogP contribution is 2.16. The molecule has 2 rings (SSSR count). The molecule has 5 heteroatoms. The van der Waals surface area contributed by atoms with E-state index >= 15 is 0 Å². The van der Waals surface area contributed by atoms with E-state index in [1.54, 1.807) is 0 Å². The highest BCUT2D eigenvalue weighted by molar-refractivity contribution is 5.42. The van der Waals surface area contributed by atoms with Crippen molar-refractivity contribution in [2.24, 2.45) is 0 Å². The molecular formula is C13H23N5. The molecular weight excluding hydrogens is 226 g/mol. The van der Waals surface area contributed by atoms with E-state index in [0.29, 0.717) is 12.0 Å². The number of hydrogen-bond donors (Lipinski definition) is 2. The van der Waals surface area contributed by atoms with Crippen molar-refractivity contribution in [2.45, 2.75) is 32.7 Å². The van der Waals surface area contributed by atoms with Gasteiger partial charge in [0.2, 0.25) is 5.95 Å². The monoisotopic (exact) mass is 249 g/mol. The van der Waals surface area contributed by atoms with Crippen LogP contribution in [0.4, 0.5) is 11.8 Å².